The molecule has 158 valence electrons. The minimum absolute atomic E-state index is 0.0347. The molecule has 3 aliphatic rings. The molecule has 1 aromatic carbocycles. The summed E-state index contributed by atoms with van der Waals surface area (Å²) in [5, 5.41) is 9.36. The number of nitrogens with zero attached hydrogens (tertiary/aromatic N) is 5. The van der Waals surface area contributed by atoms with Crippen LogP contribution in [0, 0.1) is 0 Å². The van der Waals surface area contributed by atoms with E-state index < -0.39 is 0 Å². The Labute approximate surface area is 179 Å². The van der Waals surface area contributed by atoms with Crippen LogP contribution in [0.3, 0.4) is 0 Å². The number of rotatable bonds is 3. The molecule has 1 fully saturated rings. The summed E-state index contributed by atoms with van der Waals surface area (Å²) in [5.74, 6) is 2.13. The van der Waals surface area contributed by atoms with E-state index in [1.54, 1.807) is 18.2 Å². The van der Waals surface area contributed by atoms with E-state index in [9.17, 15) is 9.59 Å². The summed E-state index contributed by atoms with van der Waals surface area (Å²) in [6.07, 6.45) is 6.15. The van der Waals surface area contributed by atoms with Gasteiger partial charge in [0, 0.05) is 24.5 Å². The van der Waals surface area contributed by atoms with Crippen LogP contribution in [-0.4, -0.2) is 51.2 Å². The topological polar surface area (TPSA) is 80.6 Å². The first kappa shape index (κ1) is 19.4. The van der Waals surface area contributed by atoms with E-state index in [1.807, 2.05) is 4.90 Å². The third-order valence-electron chi connectivity index (χ3n) is 6.17. The molecule has 0 N–H and O–H groups in total. The largest absolute Gasteiger partial charge is 0.482 e. The van der Waals surface area contributed by atoms with Gasteiger partial charge in [0.1, 0.15) is 18.1 Å². The summed E-state index contributed by atoms with van der Waals surface area (Å²) < 4.78 is 7.69. The lowest BCUT2D eigenvalue weighted by Crippen LogP contribution is -2.46. The predicted molar refractivity (Wildman–Crippen MR) is 111 cm³/mol. The van der Waals surface area contributed by atoms with E-state index >= 15 is 0 Å². The van der Waals surface area contributed by atoms with Crippen molar-refractivity contribution in [3.63, 3.8) is 0 Å². The highest BCUT2D eigenvalue weighted by Crippen LogP contribution is 2.36. The lowest BCUT2D eigenvalue weighted by atomic mass is 10.2. The number of aromatic nitrogens is 3. The molecule has 0 aliphatic carbocycles. The molecule has 9 heteroatoms. The maximum Gasteiger partial charge on any atom is 0.265 e. The van der Waals surface area contributed by atoms with Gasteiger partial charge in [-0.25, -0.2) is 0 Å². The van der Waals surface area contributed by atoms with Gasteiger partial charge >= 0.3 is 0 Å². The molecule has 2 amide bonds. The fraction of sp³-hybridized carbons (Fsp3) is 0.524. The van der Waals surface area contributed by atoms with E-state index in [1.165, 1.54) is 11.3 Å². The second-order valence-electron chi connectivity index (χ2n) is 8.06. The third-order valence-corrected chi connectivity index (χ3v) is 6.40. The van der Waals surface area contributed by atoms with E-state index in [0.717, 1.165) is 50.3 Å². The second-order valence-corrected chi connectivity index (χ2v) is 8.50. The molecule has 4 heterocycles. The number of amides is 2. The number of carbonyl (C=O) groups is 2. The molecular formula is C21H24ClN5O3. The second kappa shape index (κ2) is 7.91. The van der Waals surface area contributed by atoms with Crippen LogP contribution in [0.1, 0.15) is 49.8 Å². The number of hydrogen-bond donors (Lipinski definition) is 0. The van der Waals surface area contributed by atoms with Gasteiger partial charge in [0.05, 0.1) is 11.7 Å². The van der Waals surface area contributed by atoms with Crippen molar-refractivity contribution in [3.05, 3.63) is 34.9 Å². The van der Waals surface area contributed by atoms with Crippen molar-refractivity contribution in [1.82, 2.24) is 19.7 Å². The van der Waals surface area contributed by atoms with E-state index in [2.05, 4.69) is 14.8 Å². The summed E-state index contributed by atoms with van der Waals surface area (Å²) in [6.45, 7) is 1.45. The van der Waals surface area contributed by atoms with E-state index in [0.29, 0.717) is 23.0 Å². The third kappa shape index (κ3) is 3.43. The molecular weight excluding hydrogens is 406 g/mol. The maximum absolute atomic E-state index is 13.3. The zero-order valence-corrected chi connectivity index (χ0v) is 17.5. The molecule has 1 saturated heterocycles. The number of likely N-dealkylation sites (tertiary alicyclic amines) is 1. The first-order chi connectivity index (χ1) is 14.6. The summed E-state index contributed by atoms with van der Waals surface area (Å²) in [5.41, 5.74) is 0.541. The Morgan fingerprint density at radius 2 is 2.07 bits per heavy atom. The molecule has 8 nitrogen and oxygen atoms in total. The zero-order valence-electron chi connectivity index (χ0n) is 16.7. The maximum atomic E-state index is 13.3. The molecule has 5 rings (SSSR count). The minimum atomic E-state index is -0.245. The van der Waals surface area contributed by atoms with Gasteiger partial charge in [-0.1, -0.05) is 18.0 Å². The molecule has 30 heavy (non-hydrogen) atoms. The lowest BCUT2D eigenvalue weighted by Gasteiger charge is -2.32. The predicted octanol–water partition coefficient (Wildman–Crippen LogP) is 2.75. The molecule has 0 spiro atoms. The summed E-state index contributed by atoms with van der Waals surface area (Å²) in [7, 11) is 0. The standard InChI is InChI=1S/C21H24ClN5O3/c22-14-7-8-17-16(11-14)27(20(29)13-30-17)12-19(28)25-10-4-5-15(25)21-24-23-18-6-2-1-3-9-26(18)21/h7-8,11,15H,1-6,9-10,12-13H2/t15-/m1/s1. The van der Waals surface area contributed by atoms with Crippen molar-refractivity contribution in [1.29, 1.82) is 0 Å². The zero-order chi connectivity index (χ0) is 20.7. The fourth-order valence-electron chi connectivity index (χ4n) is 4.66. The first-order valence-corrected chi connectivity index (χ1v) is 10.9. The van der Waals surface area contributed by atoms with E-state index in [4.69, 9.17) is 16.3 Å². The molecule has 0 unspecified atom stereocenters. The van der Waals surface area contributed by atoms with Crippen LogP contribution in [0.4, 0.5) is 5.69 Å². The van der Waals surface area contributed by atoms with Gasteiger partial charge in [-0.05, 0) is 43.9 Å². The van der Waals surface area contributed by atoms with Gasteiger partial charge in [0.2, 0.25) is 5.91 Å². The lowest BCUT2D eigenvalue weighted by molar-refractivity contribution is -0.133. The fourth-order valence-corrected chi connectivity index (χ4v) is 4.83. The minimum Gasteiger partial charge on any atom is -0.482 e. The Morgan fingerprint density at radius 3 is 2.97 bits per heavy atom. The number of benzene rings is 1. The summed E-state index contributed by atoms with van der Waals surface area (Å²) >= 11 is 6.12. The molecule has 0 saturated carbocycles. The first-order valence-electron chi connectivity index (χ1n) is 10.6. The average molecular weight is 430 g/mol. The van der Waals surface area contributed by atoms with Gasteiger partial charge in [-0.15, -0.1) is 10.2 Å². The van der Waals surface area contributed by atoms with Crippen molar-refractivity contribution in [2.45, 2.75) is 51.1 Å². The Morgan fingerprint density at radius 1 is 1.17 bits per heavy atom. The molecule has 1 aromatic heterocycles. The average Bonchev–Trinajstić information content (AvgIpc) is 3.31. The summed E-state index contributed by atoms with van der Waals surface area (Å²) in [4.78, 5) is 29.2. The van der Waals surface area contributed by atoms with Crippen LogP contribution in [-0.2, 0) is 22.6 Å². The number of hydrogen-bond acceptors (Lipinski definition) is 5. The smallest absolute Gasteiger partial charge is 0.265 e. The van der Waals surface area contributed by atoms with Crippen LogP contribution < -0.4 is 9.64 Å². The molecule has 1 atom stereocenters. The monoisotopic (exact) mass is 429 g/mol. The Kier molecular flexibility index (Phi) is 5.10. The highest BCUT2D eigenvalue weighted by molar-refractivity contribution is 6.31. The van der Waals surface area contributed by atoms with Crippen molar-refractivity contribution in [2.75, 3.05) is 24.6 Å². The van der Waals surface area contributed by atoms with Gasteiger partial charge in [-0.3, -0.25) is 14.5 Å². The van der Waals surface area contributed by atoms with Crippen molar-refractivity contribution in [2.24, 2.45) is 0 Å². The molecule has 3 aliphatic heterocycles. The highest BCUT2D eigenvalue weighted by Gasteiger charge is 2.37. The number of anilines is 1. The van der Waals surface area contributed by atoms with E-state index in [-0.39, 0.29) is 31.0 Å². The Bertz CT molecular complexity index is 991. The number of halogens is 1. The Balaban J connectivity index is 1.39. The Hall–Kier alpha value is -2.61. The van der Waals surface area contributed by atoms with Crippen LogP contribution in [0.2, 0.25) is 5.02 Å². The normalized spacial score (nSPS) is 21.1. The number of carbonyl (C=O) groups excluding carboxylic acids is 2. The van der Waals surface area contributed by atoms with Crippen molar-refractivity contribution >= 4 is 29.1 Å². The van der Waals surface area contributed by atoms with Gasteiger partial charge in [0.15, 0.2) is 12.4 Å². The van der Waals surface area contributed by atoms with Crippen LogP contribution in [0.15, 0.2) is 18.2 Å². The van der Waals surface area contributed by atoms with Gasteiger partial charge < -0.3 is 14.2 Å². The quantitative estimate of drug-likeness (QED) is 0.749. The number of aryl methyl sites for hydroxylation is 1. The van der Waals surface area contributed by atoms with Crippen LogP contribution in [0.25, 0.3) is 0 Å². The van der Waals surface area contributed by atoms with Crippen LogP contribution in [0.5, 0.6) is 5.75 Å². The van der Waals surface area contributed by atoms with Gasteiger partial charge in [0.25, 0.3) is 5.91 Å². The summed E-state index contributed by atoms with van der Waals surface area (Å²) in [6, 6.07) is 5.02. The molecule has 0 bridgehead atoms. The SMILES string of the molecule is O=C1COc2ccc(Cl)cc2N1CC(=O)N1CCC[C@@H]1c1nnc2n1CCCCC2. The highest BCUT2D eigenvalue weighted by atomic mass is 35.5. The molecule has 2 aromatic rings. The van der Waals surface area contributed by atoms with Crippen molar-refractivity contribution in [3.8, 4) is 5.75 Å². The number of ether oxygens (including phenoxy) is 1. The van der Waals surface area contributed by atoms with Crippen LogP contribution >= 0.6 is 11.6 Å². The molecule has 0 radical (unpaired) electrons. The van der Waals surface area contributed by atoms with Crippen molar-refractivity contribution < 1.29 is 14.3 Å². The van der Waals surface area contributed by atoms with Gasteiger partial charge in [-0.2, -0.15) is 0 Å². The number of fused-ring (bicyclic) bond motifs is 2.